The molecule has 14 nitrogen and oxygen atoms in total. The fourth-order valence-electron chi connectivity index (χ4n) is 9.99. The van der Waals surface area contributed by atoms with E-state index < -0.39 is 0 Å². The predicted molar refractivity (Wildman–Crippen MR) is 354 cm³/mol. The first-order valence-corrected chi connectivity index (χ1v) is 29.1. The van der Waals surface area contributed by atoms with E-state index in [2.05, 4.69) is 0 Å². The molecule has 7 aliphatic carbocycles. The van der Waals surface area contributed by atoms with Crippen LogP contribution < -0.4 is 0 Å². The van der Waals surface area contributed by atoms with E-state index in [0.717, 1.165) is 32.3 Å². The fraction of sp³-hybridized carbons (Fsp3) is 0.154. The van der Waals surface area contributed by atoms with Gasteiger partial charge in [0.15, 0.2) is 81.0 Å². The summed E-state index contributed by atoms with van der Waals surface area (Å²) < 4.78 is 0. The summed E-state index contributed by atoms with van der Waals surface area (Å²) in [5.41, 5.74) is 5.95. The molecule has 0 amide bonds. The number of rotatable bonds is 0. The number of Topliss-reactive ketones (excluding diaryl/α,β-unsaturated/α-hetero) is 2. The largest absolute Gasteiger partial charge is 0.290 e. The first-order valence-electron chi connectivity index (χ1n) is 29.1. The molecular weight excluding hydrogens is 1160 g/mol. The molecule has 0 aromatic heterocycles. The zero-order valence-electron chi connectivity index (χ0n) is 52.3. The number of fused-ring (bicyclic) bond motifs is 9. The molecule has 0 saturated heterocycles. The van der Waals surface area contributed by atoms with E-state index in [-0.39, 0.29) is 91.8 Å². The summed E-state index contributed by atoms with van der Waals surface area (Å²) >= 11 is 0. The van der Waals surface area contributed by atoms with Gasteiger partial charge in [0, 0.05) is 66.8 Å². The molecule has 0 heterocycles. The molecule has 0 bridgehead atoms. The Hall–Kier alpha value is -11.4. The Morgan fingerprint density at radius 2 is 0.630 bits per heavy atom. The Bertz CT molecular complexity index is 4530. The summed E-state index contributed by atoms with van der Waals surface area (Å²) in [5.74, 6) is -1.11. The lowest BCUT2D eigenvalue weighted by Crippen LogP contribution is -2.29. The van der Waals surface area contributed by atoms with Gasteiger partial charge in [0.1, 0.15) is 0 Å². The third-order valence-electron chi connectivity index (χ3n) is 15.1. The van der Waals surface area contributed by atoms with Crippen molar-refractivity contribution >= 4 is 113 Å². The summed E-state index contributed by atoms with van der Waals surface area (Å²) in [4.78, 5) is 158. The van der Waals surface area contributed by atoms with Crippen LogP contribution >= 0.6 is 0 Å². The number of ketones is 14. The highest BCUT2D eigenvalue weighted by Crippen LogP contribution is 2.37. The van der Waals surface area contributed by atoms with Gasteiger partial charge >= 0.3 is 0 Å². The lowest BCUT2D eigenvalue weighted by molar-refractivity contribution is -0.116. The van der Waals surface area contributed by atoms with E-state index in [4.69, 9.17) is 0 Å². The molecule has 0 radical (unpaired) electrons. The van der Waals surface area contributed by atoms with Crippen LogP contribution in [0.25, 0.3) is 32.3 Å². The van der Waals surface area contributed by atoms with Crippen molar-refractivity contribution in [2.45, 2.75) is 69.2 Å². The van der Waals surface area contributed by atoms with Crippen molar-refractivity contribution in [1.29, 1.82) is 0 Å². The van der Waals surface area contributed by atoms with Crippen molar-refractivity contribution in [2.75, 3.05) is 0 Å². The van der Waals surface area contributed by atoms with Gasteiger partial charge in [-0.2, -0.15) is 0 Å². The Balaban J connectivity index is 0.000000155. The van der Waals surface area contributed by atoms with E-state index in [1.54, 1.807) is 64.1 Å². The zero-order valence-corrected chi connectivity index (χ0v) is 52.3. The number of allylic oxidation sites excluding steroid dienone is 22. The van der Waals surface area contributed by atoms with Gasteiger partial charge in [-0.25, -0.2) is 0 Å². The minimum absolute atomic E-state index is 0.0119. The second kappa shape index (κ2) is 28.8. The molecule has 0 unspecified atom stereocenters. The summed E-state index contributed by atoms with van der Waals surface area (Å²) in [5, 5.41) is 5.93. The average Bonchev–Trinajstić information content (AvgIpc) is 0.777. The molecule has 14 heteroatoms. The van der Waals surface area contributed by atoms with Crippen LogP contribution in [0.5, 0.6) is 0 Å². The van der Waals surface area contributed by atoms with E-state index in [9.17, 15) is 67.1 Å². The van der Waals surface area contributed by atoms with Gasteiger partial charge in [0.2, 0.25) is 0 Å². The molecular formula is C78H64O14. The van der Waals surface area contributed by atoms with Crippen molar-refractivity contribution in [1.82, 2.24) is 0 Å². The van der Waals surface area contributed by atoms with Crippen molar-refractivity contribution in [2.24, 2.45) is 10.8 Å². The Morgan fingerprint density at radius 1 is 0.250 bits per heavy atom. The highest BCUT2D eigenvalue weighted by Gasteiger charge is 2.35. The molecule has 0 N–H and O–H groups in total. The summed E-state index contributed by atoms with van der Waals surface area (Å²) in [6, 6.07) is 33.7. The van der Waals surface area contributed by atoms with Gasteiger partial charge in [-0.3, -0.25) is 67.1 Å². The molecule has 0 fully saturated rings. The normalized spacial score (nSPS) is 16.2. The summed E-state index contributed by atoms with van der Waals surface area (Å²) in [6.07, 6.45) is 21.2. The molecule has 92 heavy (non-hydrogen) atoms. The molecule has 13 rings (SSSR count). The molecule has 0 atom stereocenters. The summed E-state index contributed by atoms with van der Waals surface area (Å²) in [6.45, 7) is 18.4. The minimum atomic E-state index is -0.280. The zero-order chi connectivity index (χ0) is 67.5. The topological polar surface area (TPSA) is 239 Å². The van der Waals surface area contributed by atoms with Crippen LogP contribution in [-0.4, -0.2) is 81.0 Å². The molecule has 7 aliphatic rings. The second-order valence-electron chi connectivity index (χ2n) is 23.8. The smallest absolute Gasteiger partial charge is 0.187 e. The molecule has 0 aliphatic heterocycles. The standard InChI is InChI=1S/C18H10O2.C14H8O2.C14H20O2.C10H6O2.C9H10O2.C7H6O2.C6H4O2/c19-16-9-10-17(20)18-14-6-5-11-3-1-2-4-12(11)13(14)7-8-15(16)18;15-12-7-8-13(16)14-10-4-2-1-3-9(10)5-6-11(12)14;1-13(2,3)10-7-9(15)8-11(12(10)16)14(4,5)6;11-9-5-6-10(12)8-4-2-1-3-7(8)9;1-5-4-8(10)6(2)7(3)9(5)11;1-5-4-6(8)2-3-7(5)9;7-5-1-2-6(8)4-3-5/h1-10H;1-8H;7-8H,1-6H3;1-6H;4H,1-3H3;2-4H,1H3;1-4H. The number of carbonyl (C=O) groups is 14. The minimum Gasteiger partial charge on any atom is -0.290 e. The number of hydrogen-bond acceptors (Lipinski definition) is 14. The Kier molecular flexibility index (Phi) is 21.4. The Morgan fingerprint density at radius 3 is 1.11 bits per heavy atom. The van der Waals surface area contributed by atoms with Crippen LogP contribution in [0.1, 0.15) is 131 Å². The van der Waals surface area contributed by atoms with Gasteiger partial charge in [-0.15, -0.1) is 0 Å². The van der Waals surface area contributed by atoms with E-state index in [0.29, 0.717) is 66.8 Å². The maximum absolute atomic E-state index is 12.3. The van der Waals surface area contributed by atoms with Gasteiger partial charge in [-0.05, 0) is 180 Å². The fourth-order valence-corrected chi connectivity index (χ4v) is 9.99. The van der Waals surface area contributed by atoms with Gasteiger partial charge < -0.3 is 0 Å². The average molecular weight is 1230 g/mol. The van der Waals surface area contributed by atoms with Gasteiger partial charge in [0.05, 0.1) is 0 Å². The van der Waals surface area contributed by atoms with Gasteiger partial charge in [0.25, 0.3) is 0 Å². The van der Waals surface area contributed by atoms with Crippen LogP contribution in [-0.2, 0) is 38.4 Å². The van der Waals surface area contributed by atoms with Gasteiger partial charge in [-0.1, -0.05) is 139 Å². The quantitative estimate of drug-likeness (QED) is 0.102. The second-order valence-corrected chi connectivity index (χ2v) is 23.8. The van der Waals surface area contributed by atoms with Crippen LogP contribution in [0.3, 0.4) is 0 Å². The highest BCUT2D eigenvalue weighted by atomic mass is 16.2. The maximum Gasteiger partial charge on any atom is 0.187 e. The first kappa shape index (κ1) is 68.1. The molecule has 0 saturated carbocycles. The highest BCUT2D eigenvalue weighted by molar-refractivity contribution is 6.30. The Labute approximate surface area is 531 Å². The van der Waals surface area contributed by atoms with Crippen molar-refractivity contribution in [3.63, 3.8) is 0 Å². The third-order valence-corrected chi connectivity index (χ3v) is 15.1. The van der Waals surface area contributed by atoms with E-state index in [1.165, 1.54) is 97.2 Å². The monoisotopic (exact) mass is 1220 g/mol. The van der Waals surface area contributed by atoms with Crippen LogP contribution in [0.15, 0.2) is 240 Å². The number of benzene rings is 6. The van der Waals surface area contributed by atoms with E-state index >= 15 is 0 Å². The van der Waals surface area contributed by atoms with Crippen molar-refractivity contribution in [3.05, 3.63) is 273 Å². The molecule has 0 spiro atoms. The summed E-state index contributed by atoms with van der Waals surface area (Å²) in [7, 11) is 0. The first-order chi connectivity index (χ1) is 43.4. The third kappa shape index (κ3) is 16.3. The van der Waals surface area contributed by atoms with Crippen LogP contribution in [0, 0.1) is 10.8 Å². The van der Waals surface area contributed by atoms with Crippen LogP contribution in [0.2, 0.25) is 0 Å². The van der Waals surface area contributed by atoms with Crippen LogP contribution in [0.4, 0.5) is 0 Å². The number of hydrogen-bond donors (Lipinski definition) is 0. The van der Waals surface area contributed by atoms with Crippen molar-refractivity contribution < 1.29 is 67.1 Å². The van der Waals surface area contributed by atoms with Crippen molar-refractivity contribution in [3.8, 4) is 0 Å². The predicted octanol–water partition coefficient (Wildman–Crippen LogP) is 13.7. The molecule has 6 aromatic carbocycles. The van der Waals surface area contributed by atoms with E-state index in [1.807, 2.05) is 114 Å². The lowest BCUT2D eigenvalue weighted by Gasteiger charge is -2.30. The maximum atomic E-state index is 12.3. The number of carbonyl (C=O) groups excluding carboxylic acids is 14. The molecule has 460 valence electrons. The SMILES string of the molecule is CC(C)(C)C1=CC(=O)C=C(C(C)(C)C)C1=O.CC1=CC(=O)C(C)=C(C)C1=O.CC1=CC(=O)C=CC1=O.O=C1C=CC(=O)C=C1.O=C1C=CC(=O)c2c1ccc1c2ccc2ccccc21.O=C1C=CC(=O)c2c1ccc1ccccc21.O=C1C=CC(=O)c2ccccc21. The lowest BCUT2D eigenvalue weighted by atomic mass is 9.72. The molecule has 6 aromatic rings.